The molecule has 0 aromatic heterocycles. The van der Waals surface area contributed by atoms with Crippen molar-refractivity contribution in [2.24, 2.45) is 5.73 Å². The first-order valence-electron chi connectivity index (χ1n) is 4.13. The summed E-state index contributed by atoms with van der Waals surface area (Å²) in [5, 5.41) is 0. The van der Waals surface area contributed by atoms with Crippen LogP contribution in [0.3, 0.4) is 0 Å². The molecule has 0 aliphatic carbocycles. The summed E-state index contributed by atoms with van der Waals surface area (Å²) in [7, 11) is 3.90. The number of amides is 1. The summed E-state index contributed by atoms with van der Waals surface area (Å²) in [5.41, 5.74) is 5.13. The van der Waals surface area contributed by atoms with Gasteiger partial charge in [0.15, 0.2) is 0 Å². The largest absolute Gasteiger partial charge is 0.369 e. The third kappa shape index (κ3) is 5.09. The van der Waals surface area contributed by atoms with E-state index >= 15 is 0 Å². The van der Waals surface area contributed by atoms with E-state index in [-0.39, 0.29) is 5.91 Å². The van der Waals surface area contributed by atoms with Gasteiger partial charge in [0.05, 0.1) is 0 Å². The van der Waals surface area contributed by atoms with Gasteiger partial charge < -0.3 is 15.4 Å². The topological polar surface area (TPSA) is 55.6 Å². The Morgan fingerprint density at radius 2 is 2.17 bits per heavy atom. The molecule has 12 heavy (non-hydrogen) atoms. The Labute approximate surface area is 73.7 Å². The van der Waals surface area contributed by atoms with Crippen molar-refractivity contribution in [1.82, 2.24) is 4.90 Å². The number of primary amides is 1. The zero-order valence-electron chi connectivity index (χ0n) is 8.04. The fourth-order valence-corrected chi connectivity index (χ4v) is 0.884. The standard InChI is InChI=1S/C8H18N2O2/c1-4-12-7(8(9)11)5-6-10(2)3/h7H,4-6H2,1-3H3,(H2,9,11). The first-order chi connectivity index (χ1) is 5.57. The van der Waals surface area contributed by atoms with Crippen LogP contribution in [0, 0.1) is 0 Å². The predicted octanol–water partition coefficient (Wildman–Crippen LogP) is -0.171. The van der Waals surface area contributed by atoms with Crippen molar-refractivity contribution in [2.75, 3.05) is 27.2 Å². The summed E-state index contributed by atoms with van der Waals surface area (Å²) in [6, 6.07) is 0. The quantitative estimate of drug-likeness (QED) is 0.608. The van der Waals surface area contributed by atoms with Crippen LogP contribution in [-0.2, 0) is 9.53 Å². The molecular formula is C8H18N2O2. The number of carbonyl (C=O) groups excluding carboxylic acids is 1. The van der Waals surface area contributed by atoms with Crippen molar-refractivity contribution in [1.29, 1.82) is 0 Å². The van der Waals surface area contributed by atoms with Gasteiger partial charge in [-0.25, -0.2) is 0 Å². The summed E-state index contributed by atoms with van der Waals surface area (Å²) in [5.74, 6) is -0.376. The maximum atomic E-state index is 10.8. The summed E-state index contributed by atoms with van der Waals surface area (Å²) >= 11 is 0. The molecule has 4 heteroatoms. The molecule has 0 spiro atoms. The second kappa shape index (κ2) is 5.97. The van der Waals surface area contributed by atoms with Gasteiger partial charge in [-0.05, 0) is 27.4 Å². The molecule has 0 saturated carbocycles. The highest BCUT2D eigenvalue weighted by atomic mass is 16.5. The van der Waals surface area contributed by atoms with E-state index in [0.29, 0.717) is 13.0 Å². The van der Waals surface area contributed by atoms with E-state index in [2.05, 4.69) is 0 Å². The fraction of sp³-hybridized carbons (Fsp3) is 0.875. The van der Waals surface area contributed by atoms with Crippen molar-refractivity contribution in [3.8, 4) is 0 Å². The van der Waals surface area contributed by atoms with Gasteiger partial charge in [-0.15, -0.1) is 0 Å². The van der Waals surface area contributed by atoms with E-state index < -0.39 is 6.10 Å². The third-order valence-electron chi connectivity index (χ3n) is 1.52. The van der Waals surface area contributed by atoms with Crippen LogP contribution in [0.1, 0.15) is 13.3 Å². The van der Waals surface area contributed by atoms with Gasteiger partial charge in [0.2, 0.25) is 5.91 Å². The van der Waals surface area contributed by atoms with Gasteiger partial charge in [0.1, 0.15) is 6.10 Å². The molecule has 0 aromatic rings. The van der Waals surface area contributed by atoms with Gasteiger partial charge in [0.25, 0.3) is 0 Å². The molecule has 0 rings (SSSR count). The van der Waals surface area contributed by atoms with Crippen molar-refractivity contribution >= 4 is 5.91 Å². The Bertz CT molecular complexity index is 137. The van der Waals surface area contributed by atoms with Gasteiger partial charge in [-0.1, -0.05) is 0 Å². The number of carbonyl (C=O) groups is 1. The SMILES string of the molecule is CCOC(CCN(C)C)C(N)=O. The van der Waals surface area contributed by atoms with E-state index in [0.717, 1.165) is 6.54 Å². The lowest BCUT2D eigenvalue weighted by Crippen LogP contribution is -2.34. The monoisotopic (exact) mass is 174 g/mol. The highest BCUT2D eigenvalue weighted by Gasteiger charge is 2.14. The summed E-state index contributed by atoms with van der Waals surface area (Å²) < 4.78 is 5.15. The molecule has 0 saturated heterocycles. The minimum atomic E-state index is -0.433. The molecule has 2 N–H and O–H groups in total. The maximum Gasteiger partial charge on any atom is 0.246 e. The Hall–Kier alpha value is -0.610. The molecule has 4 nitrogen and oxygen atoms in total. The molecular weight excluding hydrogens is 156 g/mol. The average Bonchev–Trinajstić information content (AvgIpc) is 1.96. The minimum Gasteiger partial charge on any atom is -0.369 e. The molecule has 0 aliphatic heterocycles. The molecule has 1 amide bonds. The predicted molar refractivity (Wildman–Crippen MR) is 47.8 cm³/mol. The second-order valence-electron chi connectivity index (χ2n) is 2.94. The molecule has 0 bridgehead atoms. The van der Waals surface area contributed by atoms with Crippen LogP contribution in [0.15, 0.2) is 0 Å². The fourth-order valence-electron chi connectivity index (χ4n) is 0.884. The van der Waals surface area contributed by atoms with Crippen LogP contribution in [0.2, 0.25) is 0 Å². The zero-order valence-corrected chi connectivity index (χ0v) is 8.04. The Balaban J connectivity index is 3.71. The minimum absolute atomic E-state index is 0.376. The van der Waals surface area contributed by atoms with Crippen molar-refractivity contribution in [3.63, 3.8) is 0 Å². The Kier molecular flexibility index (Phi) is 5.66. The van der Waals surface area contributed by atoms with Crippen molar-refractivity contribution in [2.45, 2.75) is 19.4 Å². The third-order valence-corrected chi connectivity index (χ3v) is 1.52. The summed E-state index contributed by atoms with van der Waals surface area (Å²) in [4.78, 5) is 12.8. The number of rotatable bonds is 6. The molecule has 0 heterocycles. The van der Waals surface area contributed by atoms with E-state index in [1.165, 1.54) is 0 Å². The van der Waals surface area contributed by atoms with E-state index in [4.69, 9.17) is 10.5 Å². The number of hydrogen-bond acceptors (Lipinski definition) is 3. The zero-order chi connectivity index (χ0) is 9.56. The normalized spacial score (nSPS) is 13.3. The van der Waals surface area contributed by atoms with E-state index in [9.17, 15) is 4.79 Å². The van der Waals surface area contributed by atoms with Crippen LogP contribution in [0.25, 0.3) is 0 Å². The lowest BCUT2D eigenvalue weighted by Gasteiger charge is -2.15. The second-order valence-corrected chi connectivity index (χ2v) is 2.94. The lowest BCUT2D eigenvalue weighted by molar-refractivity contribution is -0.129. The van der Waals surface area contributed by atoms with Crippen LogP contribution < -0.4 is 5.73 Å². The van der Waals surface area contributed by atoms with Gasteiger partial charge in [-0.3, -0.25) is 4.79 Å². The van der Waals surface area contributed by atoms with Crippen LogP contribution in [0.5, 0.6) is 0 Å². The highest BCUT2D eigenvalue weighted by Crippen LogP contribution is 1.98. The highest BCUT2D eigenvalue weighted by molar-refractivity contribution is 5.78. The van der Waals surface area contributed by atoms with Crippen molar-refractivity contribution in [3.05, 3.63) is 0 Å². The van der Waals surface area contributed by atoms with Gasteiger partial charge in [-0.2, -0.15) is 0 Å². The molecule has 1 unspecified atom stereocenters. The van der Waals surface area contributed by atoms with Crippen LogP contribution in [-0.4, -0.2) is 44.2 Å². The molecule has 72 valence electrons. The number of nitrogens with zero attached hydrogens (tertiary/aromatic N) is 1. The first-order valence-corrected chi connectivity index (χ1v) is 4.13. The van der Waals surface area contributed by atoms with Gasteiger partial charge >= 0.3 is 0 Å². The van der Waals surface area contributed by atoms with Gasteiger partial charge in [0, 0.05) is 13.2 Å². The Morgan fingerprint density at radius 3 is 2.50 bits per heavy atom. The smallest absolute Gasteiger partial charge is 0.246 e. The summed E-state index contributed by atoms with van der Waals surface area (Å²) in [6.45, 7) is 3.19. The first kappa shape index (κ1) is 11.4. The number of hydrogen-bond donors (Lipinski definition) is 1. The Morgan fingerprint density at radius 1 is 1.58 bits per heavy atom. The van der Waals surface area contributed by atoms with Crippen LogP contribution in [0.4, 0.5) is 0 Å². The average molecular weight is 174 g/mol. The maximum absolute atomic E-state index is 10.8. The lowest BCUT2D eigenvalue weighted by atomic mass is 10.2. The molecule has 0 fully saturated rings. The number of nitrogens with two attached hydrogens (primary N) is 1. The van der Waals surface area contributed by atoms with E-state index in [1.54, 1.807) is 0 Å². The molecule has 0 radical (unpaired) electrons. The summed E-state index contributed by atoms with van der Waals surface area (Å²) in [6.07, 6.45) is 0.230. The van der Waals surface area contributed by atoms with Crippen LogP contribution >= 0.6 is 0 Å². The number of ether oxygens (including phenoxy) is 1. The van der Waals surface area contributed by atoms with Crippen molar-refractivity contribution < 1.29 is 9.53 Å². The molecule has 0 aliphatic rings. The van der Waals surface area contributed by atoms with E-state index in [1.807, 2.05) is 25.9 Å². The molecule has 0 aromatic carbocycles. The molecule has 1 atom stereocenters.